The van der Waals surface area contributed by atoms with Gasteiger partial charge in [0.2, 0.25) is 0 Å². The first-order valence-corrected chi connectivity index (χ1v) is 7.79. The first-order chi connectivity index (χ1) is 10.9. The number of carbonyl (C=O) groups is 1. The molecule has 4 unspecified atom stereocenters. The van der Waals surface area contributed by atoms with E-state index in [9.17, 15) is 9.90 Å². The van der Waals surface area contributed by atoms with Crippen LogP contribution >= 0.6 is 0 Å². The van der Waals surface area contributed by atoms with Gasteiger partial charge in [0, 0.05) is 0 Å². The smallest absolute Gasteiger partial charge is 0.334 e. The van der Waals surface area contributed by atoms with E-state index < -0.39 is 23.8 Å². The van der Waals surface area contributed by atoms with Crippen LogP contribution in [0.25, 0.3) is 0 Å². The van der Waals surface area contributed by atoms with Gasteiger partial charge in [-0.2, -0.15) is 0 Å². The zero-order chi connectivity index (χ0) is 16.8. The number of benzene rings is 1. The largest absolute Gasteiger partial charge is 0.493 e. The highest BCUT2D eigenvalue weighted by molar-refractivity contribution is 5.78. The molecule has 0 amide bonds. The van der Waals surface area contributed by atoms with Crippen molar-refractivity contribution in [3.8, 4) is 11.5 Å². The average molecular weight is 322 g/mol. The van der Waals surface area contributed by atoms with Crippen molar-refractivity contribution in [3.05, 3.63) is 23.3 Å². The minimum Gasteiger partial charge on any atom is -0.493 e. The molecule has 126 valence electrons. The molecule has 0 saturated carbocycles. The minimum atomic E-state index is -1.93. The summed E-state index contributed by atoms with van der Waals surface area (Å²) in [6, 6.07) is 3.71. The SMILES string of the molecule is CCOC1(O)OC(=O)C2C(C)Cc3cc(OC)c(OC)cc3C21. The van der Waals surface area contributed by atoms with Gasteiger partial charge in [-0.1, -0.05) is 6.92 Å². The molecule has 1 aromatic carbocycles. The van der Waals surface area contributed by atoms with E-state index in [1.807, 2.05) is 19.1 Å². The van der Waals surface area contributed by atoms with E-state index in [4.69, 9.17) is 18.9 Å². The van der Waals surface area contributed by atoms with Crippen LogP contribution in [0.4, 0.5) is 0 Å². The zero-order valence-corrected chi connectivity index (χ0v) is 13.8. The Morgan fingerprint density at radius 3 is 2.57 bits per heavy atom. The topological polar surface area (TPSA) is 74.2 Å². The Morgan fingerprint density at radius 1 is 1.30 bits per heavy atom. The van der Waals surface area contributed by atoms with Gasteiger partial charge in [0.1, 0.15) is 0 Å². The number of cyclic esters (lactones) is 1. The van der Waals surface area contributed by atoms with Gasteiger partial charge in [-0.3, -0.25) is 4.79 Å². The van der Waals surface area contributed by atoms with Crippen LogP contribution in [-0.4, -0.2) is 37.9 Å². The highest BCUT2D eigenvalue weighted by Gasteiger charge is 2.60. The molecule has 1 N–H and O–H groups in total. The number of hydrogen-bond acceptors (Lipinski definition) is 6. The molecule has 0 aromatic heterocycles. The second kappa shape index (κ2) is 5.69. The first kappa shape index (κ1) is 16.1. The van der Waals surface area contributed by atoms with Crippen molar-refractivity contribution in [2.45, 2.75) is 32.2 Å². The standard InChI is InChI=1S/C17H22O6/c1-5-22-17(19)15-11-8-13(21-4)12(20-3)7-10(11)6-9(2)14(15)16(18)23-17/h7-9,14-15,19H,5-6H2,1-4H3. The Morgan fingerprint density at radius 2 is 1.96 bits per heavy atom. The lowest BCUT2D eigenvalue weighted by atomic mass is 9.69. The second-order valence-electron chi connectivity index (χ2n) is 6.08. The Bertz CT molecular complexity index is 628. The Kier molecular flexibility index (Phi) is 3.98. The van der Waals surface area contributed by atoms with Crippen LogP contribution < -0.4 is 9.47 Å². The molecule has 2 aliphatic rings. The molecule has 1 aliphatic heterocycles. The normalized spacial score (nSPS) is 32.0. The van der Waals surface area contributed by atoms with Crippen molar-refractivity contribution in [1.82, 2.24) is 0 Å². The Balaban J connectivity index is 2.16. The van der Waals surface area contributed by atoms with Gasteiger partial charge >= 0.3 is 11.9 Å². The van der Waals surface area contributed by atoms with E-state index in [1.165, 1.54) is 0 Å². The van der Waals surface area contributed by atoms with Crippen LogP contribution in [0.5, 0.6) is 11.5 Å². The van der Waals surface area contributed by atoms with Crippen LogP contribution in [0.15, 0.2) is 12.1 Å². The van der Waals surface area contributed by atoms with E-state index in [1.54, 1.807) is 21.1 Å². The summed E-state index contributed by atoms with van der Waals surface area (Å²) in [5, 5.41) is 10.8. The summed E-state index contributed by atoms with van der Waals surface area (Å²) in [6.07, 6.45) is 0.703. The third-order valence-electron chi connectivity index (χ3n) is 4.76. The van der Waals surface area contributed by atoms with Gasteiger partial charge in [0.05, 0.1) is 32.7 Å². The maximum absolute atomic E-state index is 12.3. The van der Waals surface area contributed by atoms with Crippen LogP contribution in [0, 0.1) is 11.8 Å². The lowest BCUT2D eigenvalue weighted by Crippen LogP contribution is -2.41. The molecule has 1 aliphatic carbocycles. The van der Waals surface area contributed by atoms with Crippen molar-refractivity contribution in [2.24, 2.45) is 11.8 Å². The molecule has 0 spiro atoms. The van der Waals surface area contributed by atoms with E-state index in [0.29, 0.717) is 17.9 Å². The molecule has 0 radical (unpaired) electrons. The van der Waals surface area contributed by atoms with Crippen LogP contribution in [0.2, 0.25) is 0 Å². The summed E-state index contributed by atoms with van der Waals surface area (Å²) < 4.78 is 21.3. The monoisotopic (exact) mass is 322 g/mol. The Labute approximate surface area is 135 Å². The summed E-state index contributed by atoms with van der Waals surface area (Å²) in [5.74, 6) is -2.14. The highest BCUT2D eigenvalue weighted by Crippen LogP contribution is 2.53. The fourth-order valence-electron chi connectivity index (χ4n) is 3.79. The van der Waals surface area contributed by atoms with Crippen molar-refractivity contribution in [2.75, 3.05) is 20.8 Å². The van der Waals surface area contributed by atoms with Crippen molar-refractivity contribution in [1.29, 1.82) is 0 Å². The number of carbonyl (C=O) groups excluding carboxylic acids is 1. The lowest BCUT2D eigenvalue weighted by molar-refractivity contribution is -0.334. The zero-order valence-electron chi connectivity index (χ0n) is 13.8. The predicted molar refractivity (Wildman–Crippen MR) is 81.3 cm³/mol. The van der Waals surface area contributed by atoms with Crippen molar-refractivity contribution >= 4 is 5.97 Å². The van der Waals surface area contributed by atoms with Crippen molar-refractivity contribution < 1.29 is 28.8 Å². The molecule has 0 bridgehead atoms. The molecule has 1 heterocycles. The van der Waals surface area contributed by atoms with Gasteiger partial charge in [-0.25, -0.2) is 0 Å². The second-order valence-corrected chi connectivity index (χ2v) is 6.08. The minimum absolute atomic E-state index is 0.0348. The molecule has 1 fully saturated rings. The summed E-state index contributed by atoms with van der Waals surface area (Å²) in [6.45, 7) is 3.97. The molecule has 6 heteroatoms. The van der Waals surface area contributed by atoms with E-state index in [2.05, 4.69) is 0 Å². The van der Waals surface area contributed by atoms with Crippen LogP contribution in [0.3, 0.4) is 0 Å². The molecule has 3 rings (SSSR count). The van der Waals surface area contributed by atoms with Gasteiger partial charge in [0.25, 0.3) is 0 Å². The number of ether oxygens (including phenoxy) is 4. The van der Waals surface area contributed by atoms with Gasteiger partial charge in [-0.05, 0) is 42.5 Å². The maximum Gasteiger partial charge on any atom is 0.334 e. The average Bonchev–Trinajstić information content (AvgIpc) is 2.78. The van der Waals surface area contributed by atoms with E-state index >= 15 is 0 Å². The van der Waals surface area contributed by atoms with Crippen LogP contribution in [-0.2, 0) is 20.7 Å². The number of methoxy groups -OCH3 is 2. The van der Waals surface area contributed by atoms with E-state index in [0.717, 1.165) is 11.1 Å². The molecule has 1 saturated heterocycles. The molecule has 1 aromatic rings. The number of fused-ring (bicyclic) bond motifs is 3. The molecule has 23 heavy (non-hydrogen) atoms. The van der Waals surface area contributed by atoms with Crippen LogP contribution in [0.1, 0.15) is 30.9 Å². The fraction of sp³-hybridized carbons (Fsp3) is 0.588. The molecular weight excluding hydrogens is 300 g/mol. The van der Waals surface area contributed by atoms with Gasteiger partial charge < -0.3 is 24.1 Å². The quantitative estimate of drug-likeness (QED) is 0.673. The fourth-order valence-corrected chi connectivity index (χ4v) is 3.79. The van der Waals surface area contributed by atoms with E-state index in [-0.39, 0.29) is 12.5 Å². The highest BCUT2D eigenvalue weighted by atomic mass is 16.8. The molecule has 6 nitrogen and oxygen atoms in total. The third kappa shape index (κ3) is 2.37. The lowest BCUT2D eigenvalue weighted by Gasteiger charge is -2.35. The summed E-state index contributed by atoms with van der Waals surface area (Å²) >= 11 is 0. The number of esters is 1. The Hall–Kier alpha value is -1.79. The number of hydrogen-bond donors (Lipinski definition) is 1. The molecule has 4 atom stereocenters. The summed E-state index contributed by atoms with van der Waals surface area (Å²) in [7, 11) is 3.14. The summed E-state index contributed by atoms with van der Waals surface area (Å²) in [4.78, 5) is 12.3. The third-order valence-corrected chi connectivity index (χ3v) is 4.76. The molecular formula is C17H22O6. The van der Waals surface area contributed by atoms with Gasteiger partial charge in [-0.15, -0.1) is 0 Å². The first-order valence-electron chi connectivity index (χ1n) is 7.79. The maximum atomic E-state index is 12.3. The van der Waals surface area contributed by atoms with Crippen molar-refractivity contribution in [3.63, 3.8) is 0 Å². The number of aliphatic hydroxyl groups is 1. The van der Waals surface area contributed by atoms with Gasteiger partial charge in [0.15, 0.2) is 11.5 Å². The number of rotatable bonds is 4. The summed E-state index contributed by atoms with van der Waals surface area (Å²) in [5.41, 5.74) is 1.82. The predicted octanol–water partition coefficient (Wildman–Crippen LogP) is 1.84.